The summed E-state index contributed by atoms with van der Waals surface area (Å²) in [6.07, 6.45) is 4.36. The number of carbonyl (C=O) groups excluding carboxylic acids is 1. The van der Waals surface area contributed by atoms with Gasteiger partial charge in [-0.05, 0) is 18.6 Å². The summed E-state index contributed by atoms with van der Waals surface area (Å²) in [5, 5.41) is 2.91. The minimum atomic E-state index is -0.0521. The molecule has 1 atom stereocenters. The normalized spacial score (nSPS) is 12.1. The molecule has 1 unspecified atom stereocenters. The Hall–Kier alpha value is -1.42. The molecular weight excluding hydrogens is 214 g/mol. The van der Waals surface area contributed by atoms with Crippen molar-refractivity contribution < 1.29 is 4.79 Å². The second-order valence-electron chi connectivity index (χ2n) is 4.08. The number of pyridine rings is 1. The molecule has 0 saturated heterocycles. The summed E-state index contributed by atoms with van der Waals surface area (Å²) in [5.74, 6) is 0.00835. The molecule has 3 N–H and O–H groups in total. The van der Waals surface area contributed by atoms with Crippen LogP contribution in [-0.4, -0.2) is 24.0 Å². The maximum absolute atomic E-state index is 11.7. The fourth-order valence-corrected chi connectivity index (χ4v) is 1.71. The molecule has 0 aromatic carbocycles. The molecule has 0 fully saturated rings. The molecule has 1 amide bonds. The van der Waals surface area contributed by atoms with Crippen molar-refractivity contribution in [1.82, 2.24) is 10.3 Å². The summed E-state index contributed by atoms with van der Waals surface area (Å²) < 4.78 is 0. The first kappa shape index (κ1) is 13.6. The molecule has 0 aliphatic heterocycles. The van der Waals surface area contributed by atoms with Crippen LogP contribution in [-0.2, 0) is 11.2 Å². The number of carbonyl (C=O) groups is 1. The third kappa shape index (κ3) is 4.95. The van der Waals surface area contributed by atoms with Crippen LogP contribution in [0.2, 0.25) is 0 Å². The number of nitrogens with zero attached hydrogens (tertiary/aromatic N) is 1. The molecule has 1 heterocycles. The zero-order valence-electron chi connectivity index (χ0n) is 10.4. The Morgan fingerprint density at radius 2 is 2.35 bits per heavy atom. The van der Waals surface area contributed by atoms with Gasteiger partial charge in [0.05, 0.1) is 5.92 Å². The monoisotopic (exact) mass is 235 g/mol. The van der Waals surface area contributed by atoms with Crippen LogP contribution < -0.4 is 11.1 Å². The molecule has 1 aromatic heterocycles. The van der Waals surface area contributed by atoms with Gasteiger partial charge in [-0.2, -0.15) is 0 Å². The lowest BCUT2D eigenvalue weighted by molar-refractivity contribution is -0.124. The average molecular weight is 235 g/mol. The van der Waals surface area contributed by atoms with Crippen molar-refractivity contribution in [3.63, 3.8) is 0 Å². The van der Waals surface area contributed by atoms with Crippen molar-refractivity contribution in [1.29, 1.82) is 0 Å². The first-order valence-corrected chi connectivity index (χ1v) is 6.15. The zero-order valence-corrected chi connectivity index (χ0v) is 10.4. The van der Waals surface area contributed by atoms with Crippen LogP contribution in [0.1, 0.15) is 25.5 Å². The van der Waals surface area contributed by atoms with Gasteiger partial charge in [0.25, 0.3) is 0 Å². The highest BCUT2D eigenvalue weighted by Gasteiger charge is 2.14. The van der Waals surface area contributed by atoms with Gasteiger partial charge in [-0.25, -0.2) is 0 Å². The molecule has 0 saturated carbocycles. The Morgan fingerprint density at radius 1 is 1.53 bits per heavy atom. The molecule has 4 heteroatoms. The van der Waals surface area contributed by atoms with Gasteiger partial charge in [-0.15, -0.1) is 0 Å². The Bertz CT molecular complexity index is 327. The van der Waals surface area contributed by atoms with Crippen molar-refractivity contribution >= 4 is 5.91 Å². The summed E-state index contributed by atoms with van der Waals surface area (Å²) in [5.41, 5.74) is 6.56. The molecule has 0 aliphatic rings. The Labute approximate surface area is 103 Å². The van der Waals surface area contributed by atoms with E-state index in [-0.39, 0.29) is 11.8 Å². The van der Waals surface area contributed by atoms with Crippen molar-refractivity contribution in [2.45, 2.75) is 26.2 Å². The van der Waals surface area contributed by atoms with Crippen LogP contribution in [0.4, 0.5) is 0 Å². The lowest BCUT2D eigenvalue weighted by Gasteiger charge is -2.13. The van der Waals surface area contributed by atoms with E-state index in [9.17, 15) is 4.79 Å². The topological polar surface area (TPSA) is 68.0 Å². The fraction of sp³-hybridized carbons (Fsp3) is 0.538. The van der Waals surface area contributed by atoms with Gasteiger partial charge in [0.1, 0.15) is 0 Å². The van der Waals surface area contributed by atoms with Gasteiger partial charge < -0.3 is 11.1 Å². The summed E-state index contributed by atoms with van der Waals surface area (Å²) >= 11 is 0. The van der Waals surface area contributed by atoms with E-state index in [0.29, 0.717) is 13.1 Å². The van der Waals surface area contributed by atoms with Gasteiger partial charge in [0.2, 0.25) is 5.91 Å². The maximum atomic E-state index is 11.7. The fourth-order valence-electron chi connectivity index (χ4n) is 1.71. The molecule has 0 aliphatic carbocycles. The van der Waals surface area contributed by atoms with E-state index in [4.69, 9.17) is 5.73 Å². The van der Waals surface area contributed by atoms with Gasteiger partial charge in [-0.3, -0.25) is 9.78 Å². The Morgan fingerprint density at radius 3 is 2.94 bits per heavy atom. The lowest BCUT2D eigenvalue weighted by atomic mass is 10.0. The highest BCUT2D eigenvalue weighted by molar-refractivity contribution is 5.78. The van der Waals surface area contributed by atoms with Gasteiger partial charge in [-0.1, -0.05) is 19.4 Å². The predicted molar refractivity (Wildman–Crippen MR) is 68.4 cm³/mol. The quantitative estimate of drug-likeness (QED) is 0.744. The lowest BCUT2D eigenvalue weighted by Crippen LogP contribution is -2.36. The molecule has 0 radical (unpaired) electrons. The number of amides is 1. The van der Waals surface area contributed by atoms with E-state index in [0.717, 1.165) is 25.0 Å². The van der Waals surface area contributed by atoms with Crippen LogP contribution in [0.5, 0.6) is 0 Å². The molecule has 0 spiro atoms. The molecule has 17 heavy (non-hydrogen) atoms. The molecule has 4 nitrogen and oxygen atoms in total. The van der Waals surface area contributed by atoms with Crippen LogP contribution in [0, 0.1) is 5.92 Å². The first-order chi connectivity index (χ1) is 8.27. The number of rotatable bonds is 7. The van der Waals surface area contributed by atoms with E-state index in [1.165, 1.54) is 0 Å². The summed E-state index contributed by atoms with van der Waals surface area (Å²) in [4.78, 5) is 15.9. The van der Waals surface area contributed by atoms with Crippen molar-refractivity contribution in [2.75, 3.05) is 13.1 Å². The van der Waals surface area contributed by atoms with Crippen LogP contribution in [0.25, 0.3) is 0 Å². The van der Waals surface area contributed by atoms with E-state index in [1.807, 2.05) is 18.2 Å². The minimum absolute atomic E-state index is 0.0521. The Balaban J connectivity index is 2.28. The highest BCUT2D eigenvalue weighted by atomic mass is 16.1. The largest absolute Gasteiger partial charge is 0.355 e. The summed E-state index contributed by atoms with van der Waals surface area (Å²) in [6.45, 7) is 3.10. The molecular formula is C13H21N3O. The minimum Gasteiger partial charge on any atom is -0.355 e. The molecule has 1 aromatic rings. The second kappa shape index (κ2) is 7.79. The molecule has 0 bridgehead atoms. The molecule has 94 valence electrons. The number of nitrogens with two attached hydrogens (primary N) is 1. The third-order valence-corrected chi connectivity index (χ3v) is 2.70. The van der Waals surface area contributed by atoms with Gasteiger partial charge >= 0.3 is 0 Å². The number of aromatic nitrogens is 1. The second-order valence-corrected chi connectivity index (χ2v) is 4.08. The Kier molecular flexibility index (Phi) is 6.25. The standard InChI is InChI=1S/C13H21N3O/c1-2-5-11(10-14)13(17)16-9-7-12-6-3-4-8-15-12/h3-4,6,8,11H,2,5,7,9-10,14H2,1H3,(H,16,17). The van der Waals surface area contributed by atoms with Crippen molar-refractivity contribution in [2.24, 2.45) is 11.7 Å². The number of hydrogen-bond acceptors (Lipinski definition) is 3. The number of hydrogen-bond donors (Lipinski definition) is 2. The average Bonchev–Trinajstić information content (AvgIpc) is 2.37. The van der Waals surface area contributed by atoms with Crippen LogP contribution in [0.3, 0.4) is 0 Å². The number of nitrogens with one attached hydrogen (secondary N) is 1. The van der Waals surface area contributed by atoms with E-state index < -0.39 is 0 Å². The van der Waals surface area contributed by atoms with E-state index in [1.54, 1.807) is 6.20 Å². The molecule has 1 rings (SSSR count). The SMILES string of the molecule is CCCC(CN)C(=O)NCCc1ccccn1. The van der Waals surface area contributed by atoms with Crippen LogP contribution >= 0.6 is 0 Å². The first-order valence-electron chi connectivity index (χ1n) is 6.15. The maximum Gasteiger partial charge on any atom is 0.224 e. The van der Waals surface area contributed by atoms with Crippen LogP contribution in [0.15, 0.2) is 24.4 Å². The van der Waals surface area contributed by atoms with E-state index in [2.05, 4.69) is 17.2 Å². The van der Waals surface area contributed by atoms with E-state index >= 15 is 0 Å². The summed E-state index contributed by atoms with van der Waals surface area (Å²) in [6, 6.07) is 5.79. The summed E-state index contributed by atoms with van der Waals surface area (Å²) in [7, 11) is 0. The third-order valence-electron chi connectivity index (χ3n) is 2.70. The van der Waals surface area contributed by atoms with Crippen molar-refractivity contribution in [3.05, 3.63) is 30.1 Å². The van der Waals surface area contributed by atoms with Crippen molar-refractivity contribution in [3.8, 4) is 0 Å². The smallest absolute Gasteiger partial charge is 0.224 e. The van der Waals surface area contributed by atoms with Gasteiger partial charge in [0, 0.05) is 31.4 Å². The van der Waals surface area contributed by atoms with Gasteiger partial charge in [0.15, 0.2) is 0 Å². The zero-order chi connectivity index (χ0) is 12.5. The predicted octanol–water partition coefficient (Wildman–Crippen LogP) is 1.12. The highest BCUT2D eigenvalue weighted by Crippen LogP contribution is 2.04.